The van der Waals surface area contributed by atoms with Crippen LogP contribution < -0.4 is 4.74 Å². The second kappa shape index (κ2) is 7.05. The molecule has 5 nitrogen and oxygen atoms in total. The van der Waals surface area contributed by atoms with Crippen LogP contribution in [0.25, 0.3) is 0 Å². The highest BCUT2D eigenvalue weighted by atomic mass is 16.5. The minimum atomic E-state index is -0.550. The molecule has 1 aromatic heterocycles. The lowest BCUT2D eigenvalue weighted by molar-refractivity contribution is 0.0725. The number of aromatic nitrogens is 1. The first kappa shape index (κ1) is 17.1. The van der Waals surface area contributed by atoms with Crippen LogP contribution in [0.2, 0.25) is 0 Å². The number of benzene rings is 1. The van der Waals surface area contributed by atoms with E-state index in [4.69, 9.17) is 4.74 Å². The standard InChI is InChI=1S/C20H22N2O3/c1-13-11-14(2)18(15(3)12-13)25-20(24)17-8-6-7-16(21-17)19(23)22-9-4-5-10-22/h6-8,11-12H,4-5,9-10H2,1-3H3. The van der Waals surface area contributed by atoms with E-state index in [1.54, 1.807) is 23.1 Å². The van der Waals surface area contributed by atoms with Gasteiger partial charge in [0.05, 0.1) is 0 Å². The first-order valence-corrected chi connectivity index (χ1v) is 8.52. The van der Waals surface area contributed by atoms with Gasteiger partial charge < -0.3 is 9.64 Å². The van der Waals surface area contributed by atoms with Crippen molar-refractivity contribution in [3.63, 3.8) is 0 Å². The summed E-state index contributed by atoms with van der Waals surface area (Å²) in [6.07, 6.45) is 2.03. The summed E-state index contributed by atoms with van der Waals surface area (Å²) in [7, 11) is 0. The fraction of sp³-hybridized carbons (Fsp3) is 0.350. The second-order valence-corrected chi connectivity index (χ2v) is 6.52. The van der Waals surface area contributed by atoms with Crippen molar-refractivity contribution in [2.24, 2.45) is 0 Å². The van der Waals surface area contributed by atoms with Crippen molar-refractivity contribution in [2.45, 2.75) is 33.6 Å². The molecule has 3 rings (SSSR count). The van der Waals surface area contributed by atoms with Crippen LogP contribution in [0.15, 0.2) is 30.3 Å². The van der Waals surface area contributed by atoms with Crippen LogP contribution in [0.1, 0.15) is 50.5 Å². The molecule has 0 N–H and O–H groups in total. The summed E-state index contributed by atoms with van der Waals surface area (Å²) in [5.74, 6) is -0.130. The molecule has 0 saturated carbocycles. The van der Waals surface area contributed by atoms with Gasteiger partial charge in [-0.15, -0.1) is 0 Å². The molecule has 1 amide bonds. The van der Waals surface area contributed by atoms with Crippen LogP contribution >= 0.6 is 0 Å². The quantitative estimate of drug-likeness (QED) is 0.635. The molecule has 0 spiro atoms. The fourth-order valence-electron chi connectivity index (χ4n) is 3.22. The first-order chi connectivity index (χ1) is 12.0. The van der Waals surface area contributed by atoms with E-state index >= 15 is 0 Å². The highest BCUT2D eigenvalue weighted by molar-refractivity contribution is 5.95. The van der Waals surface area contributed by atoms with Gasteiger partial charge in [-0.05, 0) is 56.9 Å². The molecule has 130 valence electrons. The summed E-state index contributed by atoms with van der Waals surface area (Å²) in [6.45, 7) is 7.31. The highest BCUT2D eigenvalue weighted by Crippen LogP contribution is 2.25. The third-order valence-corrected chi connectivity index (χ3v) is 4.37. The summed E-state index contributed by atoms with van der Waals surface area (Å²) in [4.78, 5) is 30.9. The predicted octanol–water partition coefficient (Wildman–Crippen LogP) is 3.46. The van der Waals surface area contributed by atoms with E-state index in [1.807, 2.05) is 32.9 Å². The van der Waals surface area contributed by atoms with Crippen LogP contribution in [0.4, 0.5) is 0 Å². The Morgan fingerprint density at radius 3 is 2.24 bits per heavy atom. The molecule has 2 aromatic rings. The van der Waals surface area contributed by atoms with Gasteiger partial charge in [0.2, 0.25) is 0 Å². The minimum absolute atomic E-state index is 0.130. The largest absolute Gasteiger partial charge is 0.421 e. The van der Waals surface area contributed by atoms with E-state index in [1.165, 1.54) is 0 Å². The molecule has 2 heterocycles. The molecular formula is C20H22N2O3. The molecule has 1 fully saturated rings. The van der Waals surface area contributed by atoms with E-state index in [9.17, 15) is 9.59 Å². The smallest absolute Gasteiger partial charge is 0.362 e. The third kappa shape index (κ3) is 3.71. The van der Waals surface area contributed by atoms with E-state index < -0.39 is 5.97 Å². The molecule has 0 aliphatic carbocycles. The maximum atomic E-state index is 12.5. The molecule has 1 aliphatic rings. The predicted molar refractivity (Wildman–Crippen MR) is 95.0 cm³/mol. The van der Waals surface area contributed by atoms with Crippen molar-refractivity contribution in [1.82, 2.24) is 9.88 Å². The Hall–Kier alpha value is -2.69. The Labute approximate surface area is 147 Å². The molecule has 0 unspecified atom stereocenters. The monoisotopic (exact) mass is 338 g/mol. The van der Waals surface area contributed by atoms with Gasteiger partial charge in [0.15, 0.2) is 0 Å². The summed E-state index contributed by atoms with van der Waals surface area (Å²) < 4.78 is 5.55. The lowest BCUT2D eigenvalue weighted by Gasteiger charge is -2.15. The Kier molecular flexibility index (Phi) is 4.83. The maximum Gasteiger partial charge on any atom is 0.362 e. The molecule has 25 heavy (non-hydrogen) atoms. The lowest BCUT2D eigenvalue weighted by Crippen LogP contribution is -2.29. The van der Waals surface area contributed by atoms with Gasteiger partial charge in [0, 0.05) is 13.1 Å². The van der Waals surface area contributed by atoms with Crippen LogP contribution in [-0.4, -0.2) is 34.8 Å². The van der Waals surface area contributed by atoms with Gasteiger partial charge in [-0.25, -0.2) is 9.78 Å². The number of amides is 1. The fourth-order valence-corrected chi connectivity index (χ4v) is 3.22. The third-order valence-electron chi connectivity index (χ3n) is 4.37. The molecule has 1 saturated heterocycles. The van der Waals surface area contributed by atoms with Crippen molar-refractivity contribution in [1.29, 1.82) is 0 Å². The minimum Gasteiger partial charge on any atom is -0.421 e. The average Bonchev–Trinajstić information content (AvgIpc) is 3.12. The van der Waals surface area contributed by atoms with Crippen molar-refractivity contribution in [3.05, 3.63) is 58.4 Å². The Bertz CT molecular complexity index is 800. The Morgan fingerprint density at radius 1 is 1.00 bits per heavy atom. The molecule has 5 heteroatoms. The Balaban J connectivity index is 1.81. The van der Waals surface area contributed by atoms with E-state index in [0.717, 1.165) is 42.6 Å². The lowest BCUT2D eigenvalue weighted by atomic mass is 10.1. The number of likely N-dealkylation sites (tertiary alicyclic amines) is 1. The molecule has 0 atom stereocenters. The van der Waals surface area contributed by atoms with Crippen LogP contribution in [-0.2, 0) is 0 Å². The number of hydrogen-bond donors (Lipinski definition) is 0. The van der Waals surface area contributed by atoms with Crippen LogP contribution in [0, 0.1) is 20.8 Å². The Morgan fingerprint density at radius 2 is 1.60 bits per heavy atom. The molecular weight excluding hydrogens is 316 g/mol. The number of ether oxygens (including phenoxy) is 1. The molecule has 1 aliphatic heterocycles. The van der Waals surface area contributed by atoms with E-state index in [0.29, 0.717) is 5.75 Å². The van der Waals surface area contributed by atoms with Gasteiger partial charge >= 0.3 is 5.97 Å². The number of esters is 1. The van der Waals surface area contributed by atoms with E-state index in [-0.39, 0.29) is 17.3 Å². The second-order valence-electron chi connectivity index (χ2n) is 6.52. The highest BCUT2D eigenvalue weighted by Gasteiger charge is 2.22. The van der Waals surface area contributed by atoms with Gasteiger partial charge in [-0.3, -0.25) is 4.79 Å². The first-order valence-electron chi connectivity index (χ1n) is 8.52. The zero-order valence-corrected chi connectivity index (χ0v) is 14.8. The number of pyridine rings is 1. The number of rotatable bonds is 3. The summed E-state index contributed by atoms with van der Waals surface area (Å²) >= 11 is 0. The van der Waals surface area contributed by atoms with Crippen LogP contribution in [0.3, 0.4) is 0 Å². The van der Waals surface area contributed by atoms with Gasteiger partial charge in [-0.1, -0.05) is 23.8 Å². The van der Waals surface area contributed by atoms with Gasteiger partial charge in [0.25, 0.3) is 5.91 Å². The summed E-state index contributed by atoms with van der Waals surface area (Å²) in [6, 6.07) is 8.82. The average molecular weight is 338 g/mol. The summed E-state index contributed by atoms with van der Waals surface area (Å²) in [5, 5.41) is 0. The van der Waals surface area contributed by atoms with Crippen LogP contribution in [0.5, 0.6) is 5.75 Å². The number of carbonyl (C=O) groups is 2. The van der Waals surface area contributed by atoms with Crippen molar-refractivity contribution in [2.75, 3.05) is 13.1 Å². The number of hydrogen-bond acceptors (Lipinski definition) is 4. The van der Waals surface area contributed by atoms with Crippen molar-refractivity contribution in [3.8, 4) is 5.75 Å². The van der Waals surface area contributed by atoms with Crippen molar-refractivity contribution < 1.29 is 14.3 Å². The molecule has 0 bridgehead atoms. The maximum absolute atomic E-state index is 12.5. The van der Waals surface area contributed by atoms with Crippen molar-refractivity contribution >= 4 is 11.9 Å². The number of carbonyl (C=O) groups excluding carboxylic acids is 2. The van der Waals surface area contributed by atoms with Gasteiger partial charge in [-0.2, -0.15) is 0 Å². The van der Waals surface area contributed by atoms with E-state index in [2.05, 4.69) is 4.98 Å². The number of nitrogens with zero attached hydrogens (tertiary/aromatic N) is 2. The molecule has 1 aromatic carbocycles. The molecule has 0 radical (unpaired) electrons. The topological polar surface area (TPSA) is 59.5 Å². The zero-order valence-electron chi connectivity index (χ0n) is 14.8. The SMILES string of the molecule is Cc1cc(C)c(OC(=O)c2cccc(C(=O)N3CCCC3)n2)c(C)c1. The number of aryl methyl sites for hydroxylation is 3. The van der Waals surface area contributed by atoms with Gasteiger partial charge in [0.1, 0.15) is 17.1 Å². The zero-order chi connectivity index (χ0) is 18.0. The normalized spacial score (nSPS) is 13.8. The summed E-state index contributed by atoms with van der Waals surface area (Å²) in [5.41, 5.74) is 3.34.